The Morgan fingerprint density at radius 1 is 1.11 bits per heavy atom. The summed E-state index contributed by atoms with van der Waals surface area (Å²) in [6.07, 6.45) is 3.31. The van der Waals surface area contributed by atoms with Crippen molar-refractivity contribution < 1.29 is 9.47 Å². The van der Waals surface area contributed by atoms with Crippen molar-refractivity contribution in [2.24, 2.45) is 0 Å². The number of nitrogens with two attached hydrogens (primary N) is 1. The molecule has 3 N–H and O–H groups in total. The standard InChI is InChI=1S/C15H26N2O2/c1-3-5-8-18-9-6-7-17-14-10-13(16)11-15(12-14)19-4-2/h10-12,17H,3-9,16H2,1-2H3. The first-order chi connectivity index (χ1) is 9.26. The van der Waals surface area contributed by atoms with Crippen LogP contribution in [0.25, 0.3) is 0 Å². The number of rotatable bonds is 10. The predicted molar refractivity (Wildman–Crippen MR) is 80.9 cm³/mol. The van der Waals surface area contributed by atoms with Crippen LogP contribution in [0.2, 0.25) is 0 Å². The van der Waals surface area contributed by atoms with Crippen molar-refractivity contribution >= 4 is 11.4 Å². The summed E-state index contributed by atoms with van der Waals surface area (Å²) in [7, 11) is 0. The number of hydrogen-bond acceptors (Lipinski definition) is 4. The van der Waals surface area contributed by atoms with Gasteiger partial charge in [0.05, 0.1) is 6.61 Å². The van der Waals surface area contributed by atoms with E-state index >= 15 is 0 Å². The van der Waals surface area contributed by atoms with Gasteiger partial charge in [-0.05, 0) is 25.8 Å². The number of anilines is 2. The zero-order chi connectivity index (χ0) is 13.9. The zero-order valence-corrected chi connectivity index (χ0v) is 12.1. The van der Waals surface area contributed by atoms with Gasteiger partial charge in [-0.25, -0.2) is 0 Å². The van der Waals surface area contributed by atoms with Crippen LogP contribution in [-0.2, 0) is 4.74 Å². The number of nitrogens with one attached hydrogen (secondary N) is 1. The third kappa shape index (κ3) is 6.91. The van der Waals surface area contributed by atoms with Gasteiger partial charge in [0.2, 0.25) is 0 Å². The average Bonchev–Trinajstić information content (AvgIpc) is 2.37. The van der Waals surface area contributed by atoms with Gasteiger partial charge in [-0.3, -0.25) is 0 Å². The maximum Gasteiger partial charge on any atom is 0.123 e. The molecule has 0 bridgehead atoms. The smallest absolute Gasteiger partial charge is 0.123 e. The molecule has 0 heterocycles. The van der Waals surface area contributed by atoms with E-state index in [1.54, 1.807) is 0 Å². The van der Waals surface area contributed by atoms with Crippen LogP contribution in [-0.4, -0.2) is 26.4 Å². The zero-order valence-electron chi connectivity index (χ0n) is 12.1. The molecule has 0 saturated heterocycles. The molecule has 0 amide bonds. The van der Waals surface area contributed by atoms with E-state index in [1.807, 2.05) is 25.1 Å². The summed E-state index contributed by atoms with van der Waals surface area (Å²) >= 11 is 0. The third-order valence-corrected chi connectivity index (χ3v) is 2.68. The first kappa shape index (κ1) is 15.6. The lowest BCUT2D eigenvalue weighted by molar-refractivity contribution is 0.131. The molecule has 0 aromatic heterocycles. The minimum atomic E-state index is 0.647. The Bertz CT molecular complexity index is 356. The fourth-order valence-corrected chi connectivity index (χ4v) is 1.73. The Morgan fingerprint density at radius 3 is 2.63 bits per heavy atom. The molecule has 108 valence electrons. The molecule has 1 aromatic carbocycles. The van der Waals surface area contributed by atoms with Crippen LogP contribution in [0.3, 0.4) is 0 Å². The highest BCUT2D eigenvalue weighted by atomic mass is 16.5. The Balaban J connectivity index is 2.25. The van der Waals surface area contributed by atoms with Crippen LogP contribution in [0.5, 0.6) is 5.75 Å². The van der Waals surface area contributed by atoms with Gasteiger partial charge in [0.25, 0.3) is 0 Å². The molecule has 0 radical (unpaired) electrons. The van der Waals surface area contributed by atoms with Crippen LogP contribution in [0.15, 0.2) is 18.2 Å². The van der Waals surface area contributed by atoms with Crippen molar-refractivity contribution in [2.45, 2.75) is 33.1 Å². The summed E-state index contributed by atoms with van der Waals surface area (Å²) in [4.78, 5) is 0. The van der Waals surface area contributed by atoms with Gasteiger partial charge in [-0.1, -0.05) is 13.3 Å². The summed E-state index contributed by atoms with van der Waals surface area (Å²) in [5.74, 6) is 0.809. The molecule has 0 aliphatic heterocycles. The second-order valence-corrected chi connectivity index (χ2v) is 4.47. The van der Waals surface area contributed by atoms with Gasteiger partial charge in [0.1, 0.15) is 5.75 Å². The Morgan fingerprint density at radius 2 is 1.89 bits per heavy atom. The average molecular weight is 266 g/mol. The van der Waals surface area contributed by atoms with E-state index in [2.05, 4.69) is 12.2 Å². The van der Waals surface area contributed by atoms with Crippen molar-refractivity contribution in [3.05, 3.63) is 18.2 Å². The quantitative estimate of drug-likeness (QED) is 0.504. The highest BCUT2D eigenvalue weighted by Crippen LogP contribution is 2.22. The van der Waals surface area contributed by atoms with Crippen molar-refractivity contribution in [3.8, 4) is 5.75 Å². The summed E-state index contributed by atoms with van der Waals surface area (Å²) in [6, 6.07) is 5.72. The lowest BCUT2D eigenvalue weighted by Gasteiger charge is -2.10. The second kappa shape index (κ2) is 9.50. The summed E-state index contributed by atoms with van der Waals surface area (Å²) in [5.41, 5.74) is 7.54. The first-order valence-electron chi connectivity index (χ1n) is 7.11. The van der Waals surface area contributed by atoms with Crippen molar-refractivity contribution in [2.75, 3.05) is 37.4 Å². The molecule has 19 heavy (non-hydrogen) atoms. The molecule has 0 atom stereocenters. The maximum atomic E-state index is 5.83. The van der Waals surface area contributed by atoms with E-state index < -0.39 is 0 Å². The molecule has 1 rings (SSSR count). The van der Waals surface area contributed by atoms with Crippen molar-refractivity contribution in [1.82, 2.24) is 0 Å². The molecule has 0 unspecified atom stereocenters. The maximum absolute atomic E-state index is 5.83. The lowest BCUT2D eigenvalue weighted by atomic mass is 10.2. The topological polar surface area (TPSA) is 56.5 Å². The number of hydrogen-bond donors (Lipinski definition) is 2. The van der Waals surface area contributed by atoms with Gasteiger partial charge in [-0.2, -0.15) is 0 Å². The van der Waals surface area contributed by atoms with E-state index in [1.165, 1.54) is 6.42 Å². The summed E-state index contributed by atoms with van der Waals surface area (Å²) in [6.45, 7) is 7.32. The summed E-state index contributed by atoms with van der Waals surface area (Å²) in [5, 5.41) is 3.34. The minimum Gasteiger partial charge on any atom is -0.494 e. The molecule has 0 aliphatic carbocycles. The number of unbranched alkanes of at least 4 members (excludes halogenated alkanes) is 1. The number of nitrogen functional groups attached to an aromatic ring is 1. The van der Waals surface area contributed by atoms with E-state index in [0.717, 1.165) is 44.0 Å². The summed E-state index contributed by atoms with van der Waals surface area (Å²) < 4.78 is 11.0. The van der Waals surface area contributed by atoms with E-state index in [0.29, 0.717) is 12.3 Å². The second-order valence-electron chi connectivity index (χ2n) is 4.47. The molecule has 0 fully saturated rings. The van der Waals surface area contributed by atoms with Gasteiger partial charge in [-0.15, -0.1) is 0 Å². The highest BCUT2D eigenvalue weighted by Gasteiger charge is 1.99. The number of benzene rings is 1. The fraction of sp³-hybridized carbons (Fsp3) is 0.600. The van der Waals surface area contributed by atoms with E-state index in [4.69, 9.17) is 15.2 Å². The van der Waals surface area contributed by atoms with Gasteiger partial charge in [0.15, 0.2) is 0 Å². The molecule has 0 aliphatic rings. The Labute approximate surface area is 116 Å². The molecule has 4 nitrogen and oxygen atoms in total. The molecule has 0 spiro atoms. The van der Waals surface area contributed by atoms with Gasteiger partial charge < -0.3 is 20.5 Å². The molecule has 1 aromatic rings. The van der Waals surface area contributed by atoms with Crippen LogP contribution in [0.1, 0.15) is 33.1 Å². The molecular formula is C15H26N2O2. The van der Waals surface area contributed by atoms with E-state index in [-0.39, 0.29) is 0 Å². The predicted octanol–water partition coefficient (Wildman–Crippen LogP) is 3.29. The van der Waals surface area contributed by atoms with Gasteiger partial charge in [0, 0.05) is 43.3 Å². The van der Waals surface area contributed by atoms with Crippen LogP contribution in [0, 0.1) is 0 Å². The first-order valence-corrected chi connectivity index (χ1v) is 7.11. The molecular weight excluding hydrogens is 240 g/mol. The highest BCUT2D eigenvalue weighted by molar-refractivity contribution is 5.59. The van der Waals surface area contributed by atoms with Crippen LogP contribution >= 0.6 is 0 Å². The van der Waals surface area contributed by atoms with E-state index in [9.17, 15) is 0 Å². The minimum absolute atomic E-state index is 0.647. The SMILES string of the molecule is CCCCOCCCNc1cc(N)cc(OCC)c1. The largest absolute Gasteiger partial charge is 0.494 e. The van der Waals surface area contributed by atoms with Gasteiger partial charge >= 0.3 is 0 Å². The Kier molecular flexibility index (Phi) is 7.82. The monoisotopic (exact) mass is 266 g/mol. The Hall–Kier alpha value is -1.42. The van der Waals surface area contributed by atoms with Crippen LogP contribution in [0.4, 0.5) is 11.4 Å². The molecule has 4 heteroatoms. The van der Waals surface area contributed by atoms with Crippen LogP contribution < -0.4 is 15.8 Å². The normalized spacial score (nSPS) is 10.4. The fourth-order valence-electron chi connectivity index (χ4n) is 1.73. The van der Waals surface area contributed by atoms with Crippen molar-refractivity contribution in [3.63, 3.8) is 0 Å². The molecule has 0 saturated carbocycles. The number of ether oxygens (including phenoxy) is 2. The van der Waals surface area contributed by atoms with Crippen molar-refractivity contribution in [1.29, 1.82) is 0 Å². The third-order valence-electron chi connectivity index (χ3n) is 2.68. The lowest BCUT2D eigenvalue weighted by Crippen LogP contribution is -2.07.